The van der Waals surface area contributed by atoms with Crippen molar-refractivity contribution in [3.05, 3.63) is 88.1 Å². The maximum atomic E-state index is 12.9. The molecule has 0 saturated heterocycles. The zero-order chi connectivity index (χ0) is 20.6. The summed E-state index contributed by atoms with van der Waals surface area (Å²) in [6, 6.07) is 18.9. The number of amides is 3. The lowest BCUT2D eigenvalue weighted by Gasteiger charge is -2.18. The van der Waals surface area contributed by atoms with Gasteiger partial charge in [-0.2, -0.15) is 0 Å². The first-order valence-electron chi connectivity index (χ1n) is 9.08. The minimum Gasteiger partial charge on any atom is -0.355 e. The third-order valence-corrected chi connectivity index (χ3v) is 5.14. The molecule has 1 aromatic heterocycles. The third kappa shape index (κ3) is 5.52. The number of anilines is 1. The van der Waals surface area contributed by atoms with E-state index < -0.39 is 6.04 Å². The van der Waals surface area contributed by atoms with Gasteiger partial charge in [-0.05, 0) is 35.2 Å². The Labute approximate surface area is 173 Å². The maximum Gasteiger partial charge on any atom is 0.262 e. The predicted octanol–water partition coefficient (Wildman–Crippen LogP) is 3.09. The zero-order valence-electron chi connectivity index (χ0n) is 15.8. The van der Waals surface area contributed by atoms with Crippen molar-refractivity contribution in [1.82, 2.24) is 10.6 Å². The van der Waals surface area contributed by atoms with Gasteiger partial charge >= 0.3 is 0 Å². The first-order chi connectivity index (χ1) is 14.1. The molecular weight excluding hydrogens is 386 g/mol. The Morgan fingerprint density at radius 1 is 0.931 bits per heavy atom. The van der Waals surface area contributed by atoms with E-state index in [1.165, 1.54) is 11.3 Å². The molecule has 0 fully saturated rings. The number of carbonyl (C=O) groups excluding carboxylic acids is 3. The molecule has 3 aromatic rings. The predicted molar refractivity (Wildman–Crippen MR) is 114 cm³/mol. The van der Waals surface area contributed by atoms with Crippen LogP contribution in [0.25, 0.3) is 0 Å². The Morgan fingerprint density at radius 2 is 1.72 bits per heavy atom. The van der Waals surface area contributed by atoms with Crippen molar-refractivity contribution in [3.8, 4) is 0 Å². The molecule has 3 amide bonds. The summed E-state index contributed by atoms with van der Waals surface area (Å²) in [6.45, 7) is 0. The second kappa shape index (κ2) is 9.66. The van der Waals surface area contributed by atoms with Gasteiger partial charge in [0.15, 0.2) is 0 Å². The first-order valence-corrected chi connectivity index (χ1v) is 9.96. The molecule has 0 saturated carbocycles. The smallest absolute Gasteiger partial charge is 0.262 e. The van der Waals surface area contributed by atoms with Crippen LogP contribution >= 0.6 is 11.3 Å². The Balaban J connectivity index is 1.78. The van der Waals surface area contributed by atoms with Crippen molar-refractivity contribution in [3.63, 3.8) is 0 Å². The first kappa shape index (κ1) is 20.3. The monoisotopic (exact) mass is 407 g/mol. The second-order valence-corrected chi connectivity index (χ2v) is 7.29. The average Bonchev–Trinajstić information content (AvgIpc) is 3.28. The molecule has 0 aliphatic carbocycles. The highest BCUT2D eigenvalue weighted by Gasteiger charge is 2.22. The molecule has 6 nitrogen and oxygen atoms in total. The van der Waals surface area contributed by atoms with Crippen molar-refractivity contribution < 1.29 is 14.4 Å². The third-order valence-electron chi connectivity index (χ3n) is 4.27. The SMILES string of the molecule is CNC(=O)c1cccc(NC(=O)C(Cc2ccccc2)NC(=O)c2cccs2)c1. The number of rotatable bonds is 7. The van der Waals surface area contributed by atoms with Gasteiger partial charge in [-0.25, -0.2) is 0 Å². The van der Waals surface area contributed by atoms with E-state index in [2.05, 4.69) is 16.0 Å². The van der Waals surface area contributed by atoms with E-state index in [0.717, 1.165) is 5.56 Å². The number of hydrogen-bond acceptors (Lipinski definition) is 4. The normalized spacial score (nSPS) is 11.3. The van der Waals surface area contributed by atoms with Gasteiger partial charge in [0.2, 0.25) is 5.91 Å². The summed E-state index contributed by atoms with van der Waals surface area (Å²) in [6.07, 6.45) is 0.346. The van der Waals surface area contributed by atoms with E-state index in [9.17, 15) is 14.4 Å². The summed E-state index contributed by atoms with van der Waals surface area (Å²) >= 11 is 1.31. The molecule has 0 aliphatic rings. The maximum absolute atomic E-state index is 12.9. The second-order valence-electron chi connectivity index (χ2n) is 6.34. The number of hydrogen-bond donors (Lipinski definition) is 3. The van der Waals surface area contributed by atoms with Crippen LogP contribution in [0.2, 0.25) is 0 Å². The number of carbonyl (C=O) groups is 3. The van der Waals surface area contributed by atoms with Crippen molar-refractivity contribution >= 4 is 34.7 Å². The molecule has 1 unspecified atom stereocenters. The lowest BCUT2D eigenvalue weighted by Crippen LogP contribution is -2.45. The fraction of sp³-hybridized carbons (Fsp3) is 0.136. The van der Waals surface area contributed by atoms with Crippen molar-refractivity contribution in [2.24, 2.45) is 0 Å². The van der Waals surface area contributed by atoms with Gasteiger partial charge in [-0.1, -0.05) is 42.5 Å². The molecule has 148 valence electrons. The van der Waals surface area contributed by atoms with E-state index in [0.29, 0.717) is 22.5 Å². The Morgan fingerprint density at radius 3 is 2.41 bits per heavy atom. The van der Waals surface area contributed by atoms with Crippen molar-refractivity contribution in [2.45, 2.75) is 12.5 Å². The van der Waals surface area contributed by atoms with Gasteiger partial charge in [0.25, 0.3) is 11.8 Å². The Bertz CT molecular complexity index is 988. The summed E-state index contributed by atoms with van der Waals surface area (Å²) in [4.78, 5) is 37.8. The topological polar surface area (TPSA) is 87.3 Å². The molecule has 0 spiro atoms. The number of benzene rings is 2. The minimum atomic E-state index is -0.768. The van der Waals surface area contributed by atoms with Crippen LogP contribution in [0, 0.1) is 0 Å². The van der Waals surface area contributed by atoms with Crippen LogP contribution in [-0.4, -0.2) is 30.8 Å². The molecule has 2 aromatic carbocycles. The molecule has 0 bridgehead atoms. The van der Waals surface area contributed by atoms with E-state index >= 15 is 0 Å². The fourth-order valence-electron chi connectivity index (χ4n) is 2.81. The molecule has 29 heavy (non-hydrogen) atoms. The van der Waals surface area contributed by atoms with Crippen LogP contribution in [0.4, 0.5) is 5.69 Å². The lowest BCUT2D eigenvalue weighted by molar-refractivity contribution is -0.118. The quantitative estimate of drug-likeness (QED) is 0.562. The van der Waals surface area contributed by atoms with Gasteiger partial charge in [-0.15, -0.1) is 11.3 Å². The number of thiophene rings is 1. The van der Waals surface area contributed by atoms with Gasteiger partial charge in [-0.3, -0.25) is 14.4 Å². The summed E-state index contributed by atoms with van der Waals surface area (Å²) < 4.78 is 0. The zero-order valence-corrected chi connectivity index (χ0v) is 16.7. The summed E-state index contributed by atoms with van der Waals surface area (Å²) in [5.41, 5.74) is 1.85. The molecule has 1 atom stereocenters. The van der Waals surface area contributed by atoms with Crippen LogP contribution < -0.4 is 16.0 Å². The fourth-order valence-corrected chi connectivity index (χ4v) is 3.43. The average molecular weight is 407 g/mol. The highest BCUT2D eigenvalue weighted by molar-refractivity contribution is 7.12. The van der Waals surface area contributed by atoms with Crippen LogP contribution in [0.15, 0.2) is 72.1 Å². The largest absolute Gasteiger partial charge is 0.355 e. The highest BCUT2D eigenvalue weighted by atomic mass is 32.1. The van der Waals surface area contributed by atoms with E-state index in [1.54, 1.807) is 43.4 Å². The standard InChI is InChI=1S/C22H21N3O3S/c1-23-20(26)16-9-5-10-17(14-16)24-21(27)18(13-15-7-3-2-4-8-15)25-22(28)19-11-6-12-29-19/h2-12,14,18H,13H2,1H3,(H,23,26)(H,24,27)(H,25,28). The van der Waals surface area contributed by atoms with Gasteiger partial charge in [0.1, 0.15) is 6.04 Å². The van der Waals surface area contributed by atoms with Crippen molar-refractivity contribution in [1.29, 1.82) is 0 Å². The molecule has 1 heterocycles. The van der Waals surface area contributed by atoms with Crippen LogP contribution in [0.1, 0.15) is 25.6 Å². The molecule has 0 aliphatic heterocycles. The van der Waals surface area contributed by atoms with Gasteiger partial charge in [0.05, 0.1) is 4.88 Å². The summed E-state index contributed by atoms with van der Waals surface area (Å²) in [7, 11) is 1.55. The lowest BCUT2D eigenvalue weighted by atomic mass is 10.0. The van der Waals surface area contributed by atoms with Crippen LogP contribution in [0.5, 0.6) is 0 Å². The van der Waals surface area contributed by atoms with Crippen molar-refractivity contribution in [2.75, 3.05) is 12.4 Å². The number of nitrogens with one attached hydrogen (secondary N) is 3. The van der Waals surface area contributed by atoms with Gasteiger partial charge in [0, 0.05) is 24.7 Å². The minimum absolute atomic E-state index is 0.243. The summed E-state index contributed by atoms with van der Waals surface area (Å²) in [5, 5.41) is 9.98. The highest BCUT2D eigenvalue weighted by Crippen LogP contribution is 2.14. The summed E-state index contributed by atoms with van der Waals surface area (Å²) in [5.74, 6) is -0.893. The Hall–Kier alpha value is -3.45. The van der Waals surface area contributed by atoms with E-state index in [1.807, 2.05) is 35.7 Å². The van der Waals surface area contributed by atoms with Crippen LogP contribution in [0.3, 0.4) is 0 Å². The molecule has 0 radical (unpaired) electrons. The van der Waals surface area contributed by atoms with E-state index in [-0.39, 0.29) is 17.7 Å². The molecular formula is C22H21N3O3S. The van der Waals surface area contributed by atoms with E-state index in [4.69, 9.17) is 0 Å². The molecule has 3 rings (SSSR count). The Kier molecular flexibility index (Phi) is 6.76. The molecule has 7 heteroatoms. The van der Waals surface area contributed by atoms with Gasteiger partial charge < -0.3 is 16.0 Å². The molecule has 3 N–H and O–H groups in total. The van der Waals surface area contributed by atoms with Crippen LogP contribution in [-0.2, 0) is 11.2 Å².